The molecule has 3 N–H and O–H groups in total. The van der Waals surface area contributed by atoms with Gasteiger partial charge in [0.05, 0.1) is 17.0 Å². The summed E-state index contributed by atoms with van der Waals surface area (Å²) in [5.41, 5.74) is 9.17. The lowest BCUT2D eigenvalue weighted by molar-refractivity contribution is -0.118. The lowest BCUT2D eigenvalue weighted by Crippen LogP contribution is -2.25. The van der Waals surface area contributed by atoms with E-state index in [1.165, 1.54) is 18.3 Å². The molecular weight excluding hydrogens is 384 g/mol. The molecule has 8 heteroatoms. The second kappa shape index (κ2) is 7.94. The van der Waals surface area contributed by atoms with E-state index in [1.54, 1.807) is 6.07 Å². The van der Waals surface area contributed by atoms with Gasteiger partial charge < -0.3 is 15.6 Å². The van der Waals surface area contributed by atoms with Gasteiger partial charge in [-0.1, -0.05) is 23.7 Å². The van der Waals surface area contributed by atoms with Crippen LogP contribution in [0.3, 0.4) is 0 Å². The van der Waals surface area contributed by atoms with Gasteiger partial charge in [0.1, 0.15) is 5.01 Å². The maximum atomic E-state index is 11.8. The number of nitrogens with one attached hydrogen (secondary N) is 1. The molecule has 6 nitrogen and oxygen atoms in total. The highest BCUT2D eigenvalue weighted by molar-refractivity contribution is 7.13. The molecule has 1 aromatic carbocycles. The summed E-state index contributed by atoms with van der Waals surface area (Å²) in [5, 5.41) is 6.18. The van der Waals surface area contributed by atoms with Gasteiger partial charge in [-0.3, -0.25) is 9.59 Å². The van der Waals surface area contributed by atoms with Crippen molar-refractivity contribution >= 4 is 34.8 Å². The number of carbonyl (C=O) groups excluding carboxylic acids is 2. The zero-order valence-corrected chi connectivity index (χ0v) is 16.5. The van der Waals surface area contributed by atoms with Crippen LogP contribution in [0.4, 0.5) is 0 Å². The van der Waals surface area contributed by atoms with E-state index in [0.29, 0.717) is 23.7 Å². The van der Waals surface area contributed by atoms with Crippen LogP contribution in [0.2, 0.25) is 5.02 Å². The quantitative estimate of drug-likeness (QED) is 0.661. The summed E-state index contributed by atoms with van der Waals surface area (Å²) in [7, 11) is 0. The molecule has 140 valence electrons. The van der Waals surface area contributed by atoms with Gasteiger partial charge in [0, 0.05) is 41.7 Å². The van der Waals surface area contributed by atoms with Crippen molar-refractivity contribution in [3.8, 4) is 22.0 Å². The number of hydrogen-bond donors (Lipinski definition) is 2. The number of halogens is 1. The monoisotopic (exact) mass is 402 g/mol. The predicted octanol–water partition coefficient (Wildman–Crippen LogP) is 3.48. The molecule has 2 amide bonds. The Bertz CT molecular complexity index is 1010. The Morgan fingerprint density at radius 3 is 2.78 bits per heavy atom. The smallest absolute Gasteiger partial charge is 0.250 e. The Labute approximate surface area is 166 Å². The van der Waals surface area contributed by atoms with Crippen LogP contribution in [0, 0.1) is 6.92 Å². The van der Waals surface area contributed by atoms with Gasteiger partial charge in [-0.25, -0.2) is 4.98 Å². The van der Waals surface area contributed by atoms with Crippen molar-refractivity contribution < 1.29 is 9.59 Å². The van der Waals surface area contributed by atoms with E-state index < -0.39 is 5.91 Å². The van der Waals surface area contributed by atoms with Crippen LogP contribution in [0.5, 0.6) is 0 Å². The predicted molar refractivity (Wildman–Crippen MR) is 108 cm³/mol. The molecule has 2 aromatic heterocycles. The number of aromatic nitrogens is 2. The van der Waals surface area contributed by atoms with Gasteiger partial charge in [-0.15, -0.1) is 11.3 Å². The third-order valence-electron chi connectivity index (χ3n) is 4.18. The van der Waals surface area contributed by atoms with E-state index >= 15 is 0 Å². The second-order valence-electron chi connectivity index (χ2n) is 6.08. The number of thiazole rings is 1. The van der Waals surface area contributed by atoms with Gasteiger partial charge in [0.25, 0.3) is 5.91 Å². The number of carbonyl (C=O) groups is 2. The fourth-order valence-electron chi connectivity index (χ4n) is 2.88. The Hall–Kier alpha value is -2.64. The number of primary amides is 1. The third kappa shape index (κ3) is 4.20. The van der Waals surface area contributed by atoms with Gasteiger partial charge in [-0.2, -0.15) is 0 Å². The first-order valence-electron chi connectivity index (χ1n) is 8.33. The molecule has 27 heavy (non-hydrogen) atoms. The number of hydrogen-bond acceptors (Lipinski definition) is 4. The van der Waals surface area contributed by atoms with Crippen molar-refractivity contribution in [1.29, 1.82) is 0 Å². The molecule has 0 atom stereocenters. The van der Waals surface area contributed by atoms with E-state index in [4.69, 9.17) is 22.3 Å². The van der Waals surface area contributed by atoms with Gasteiger partial charge in [-0.05, 0) is 25.1 Å². The normalized spacial score (nSPS) is 10.8. The van der Waals surface area contributed by atoms with Crippen molar-refractivity contribution in [2.45, 2.75) is 20.4 Å². The molecule has 0 unspecified atom stereocenters. The summed E-state index contributed by atoms with van der Waals surface area (Å²) in [6.45, 7) is 4.26. The average Bonchev–Trinajstić information content (AvgIpc) is 3.20. The Morgan fingerprint density at radius 2 is 2.11 bits per heavy atom. The minimum atomic E-state index is -0.489. The minimum Gasteiger partial charge on any atom is -0.366 e. The van der Waals surface area contributed by atoms with Gasteiger partial charge in [0.2, 0.25) is 5.91 Å². The highest BCUT2D eigenvalue weighted by Crippen LogP contribution is 2.32. The minimum absolute atomic E-state index is 0.103. The molecule has 0 aliphatic rings. The SMILES string of the molecule is CC(=O)NCCn1c(-c2csc(-c3cccc(Cl)c3)n2)cc(C(N)=O)c1C. The molecule has 3 aromatic rings. The van der Waals surface area contributed by atoms with Crippen LogP contribution >= 0.6 is 22.9 Å². The first-order chi connectivity index (χ1) is 12.9. The van der Waals surface area contributed by atoms with Crippen molar-refractivity contribution in [1.82, 2.24) is 14.9 Å². The summed E-state index contributed by atoms with van der Waals surface area (Å²) in [6, 6.07) is 9.26. The summed E-state index contributed by atoms with van der Waals surface area (Å²) in [6.07, 6.45) is 0. The Balaban J connectivity index is 1.99. The van der Waals surface area contributed by atoms with Crippen molar-refractivity contribution in [2.75, 3.05) is 6.54 Å². The van der Waals surface area contributed by atoms with E-state index in [-0.39, 0.29) is 5.91 Å². The summed E-state index contributed by atoms with van der Waals surface area (Å²) < 4.78 is 1.95. The number of benzene rings is 1. The molecular formula is C19H19ClN4O2S. The van der Waals surface area contributed by atoms with Crippen LogP contribution < -0.4 is 11.1 Å². The summed E-state index contributed by atoms with van der Waals surface area (Å²) >= 11 is 7.57. The van der Waals surface area contributed by atoms with E-state index in [2.05, 4.69) is 5.32 Å². The topological polar surface area (TPSA) is 90.0 Å². The Morgan fingerprint density at radius 1 is 1.33 bits per heavy atom. The number of nitrogens with two attached hydrogens (primary N) is 1. The highest BCUT2D eigenvalue weighted by atomic mass is 35.5. The lowest BCUT2D eigenvalue weighted by atomic mass is 10.2. The van der Waals surface area contributed by atoms with Crippen LogP contribution in [0.15, 0.2) is 35.7 Å². The van der Waals surface area contributed by atoms with E-state index in [1.807, 2.05) is 41.1 Å². The third-order valence-corrected chi connectivity index (χ3v) is 5.31. The molecule has 0 aliphatic heterocycles. The van der Waals surface area contributed by atoms with Crippen molar-refractivity contribution in [3.05, 3.63) is 52.0 Å². The molecule has 2 heterocycles. The highest BCUT2D eigenvalue weighted by Gasteiger charge is 2.19. The van der Waals surface area contributed by atoms with Crippen LogP contribution in [-0.4, -0.2) is 27.9 Å². The second-order valence-corrected chi connectivity index (χ2v) is 7.37. The zero-order valence-electron chi connectivity index (χ0n) is 15.0. The largest absolute Gasteiger partial charge is 0.366 e. The lowest BCUT2D eigenvalue weighted by Gasteiger charge is -2.11. The number of amides is 2. The molecule has 0 bridgehead atoms. The van der Waals surface area contributed by atoms with Crippen LogP contribution in [0.1, 0.15) is 23.0 Å². The molecule has 0 aliphatic carbocycles. The molecule has 0 saturated carbocycles. The maximum Gasteiger partial charge on any atom is 0.250 e. The number of rotatable bonds is 6. The average molecular weight is 403 g/mol. The molecule has 3 rings (SSSR count). The standard InChI is InChI=1S/C19H19ClN4O2S/c1-11-15(18(21)26)9-17(24(11)7-6-22-12(2)25)16-10-27-19(23-16)13-4-3-5-14(20)8-13/h3-5,8-10H,6-7H2,1-2H3,(H2,21,26)(H,22,25). The van der Waals surface area contributed by atoms with Crippen molar-refractivity contribution in [2.24, 2.45) is 5.73 Å². The zero-order chi connectivity index (χ0) is 19.6. The summed E-state index contributed by atoms with van der Waals surface area (Å²) in [5.74, 6) is -0.592. The molecule has 0 saturated heterocycles. The summed E-state index contributed by atoms with van der Waals surface area (Å²) in [4.78, 5) is 27.6. The Kier molecular flexibility index (Phi) is 5.62. The van der Waals surface area contributed by atoms with Crippen LogP contribution in [-0.2, 0) is 11.3 Å². The maximum absolute atomic E-state index is 11.8. The molecule has 0 spiro atoms. The van der Waals surface area contributed by atoms with E-state index in [9.17, 15) is 9.59 Å². The van der Waals surface area contributed by atoms with E-state index in [0.717, 1.165) is 27.7 Å². The molecule has 0 fully saturated rings. The first kappa shape index (κ1) is 19.1. The fourth-order valence-corrected chi connectivity index (χ4v) is 3.89. The molecule has 0 radical (unpaired) electrons. The number of nitrogens with zero attached hydrogens (tertiary/aromatic N) is 2. The fraction of sp³-hybridized carbons (Fsp3) is 0.211. The first-order valence-corrected chi connectivity index (χ1v) is 9.58. The van der Waals surface area contributed by atoms with Gasteiger partial charge >= 0.3 is 0 Å². The van der Waals surface area contributed by atoms with Crippen molar-refractivity contribution in [3.63, 3.8) is 0 Å². The van der Waals surface area contributed by atoms with Crippen LogP contribution in [0.25, 0.3) is 22.0 Å². The van der Waals surface area contributed by atoms with Gasteiger partial charge in [0.15, 0.2) is 0 Å².